The molecule has 0 fully saturated rings. The van der Waals surface area contributed by atoms with E-state index in [1.807, 2.05) is 0 Å². The number of rotatable bonds is 3. The smallest absolute Gasteiger partial charge is 0.352 e. The maximum Gasteiger partial charge on any atom is 0.352 e. The van der Waals surface area contributed by atoms with Gasteiger partial charge in [0.25, 0.3) is 5.91 Å². The van der Waals surface area contributed by atoms with Crippen molar-refractivity contribution < 1.29 is 19.8 Å². The molecule has 0 saturated carbocycles. The van der Waals surface area contributed by atoms with Gasteiger partial charge in [-0.3, -0.25) is 4.79 Å². The summed E-state index contributed by atoms with van der Waals surface area (Å²) in [5.74, 6) is -2.24. The van der Waals surface area contributed by atoms with E-state index >= 15 is 0 Å². The molecule has 1 heterocycles. The number of aromatic nitrogens is 1. The average molecular weight is 234 g/mol. The van der Waals surface area contributed by atoms with Gasteiger partial charge in [-0.1, -0.05) is 18.2 Å². The van der Waals surface area contributed by atoms with Gasteiger partial charge in [-0.15, -0.1) is 0 Å². The second-order valence-corrected chi connectivity index (χ2v) is 3.57. The quantitative estimate of drug-likeness (QED) is 0.614. The fourth-order valence-corrected chi connectivity index (χ4v) is 1.76. The molecule has 1 aromatic heterocycles. The number of nitrogens with one attached hydrogen (secondary N) is 1. The van der Waals surface area contributed by atoms with Gasteiger partial charge in [-0.05, 0) is 6.07 Å². The minimum atomic E-state index is -1.64. The second kappa shape index (κ2) is 3.91. The summed E-state index contributed by atoms with van der Waals surface area (Å²) in [5.41, 5.74) is 5.30. The SMILES string of the molecule is NC(=O)C(O)c1c(C(=O)O)[nH]c2ccccc12. The molecule has 2 rings (SSSR count). The number of amides is 1. The van der Waals surface area contributed by atoms with Crippen molar-refractivity contribution in [3.8, 4) is 0 Å². The highest BCUT2D eigenvalue weighted by atomic mass is 16.4. The van der Waals surface area contributed by atoms with Crippen LogP contribution in [0.5, 0.6) is 0 Å². The van der Waals surface area contributed by atoms with Crippen molar-refractivity contribution >= 4 is 22.8 Å². The van der Waals surface area contributed by atoms with Crippen molar-refractivity contribution in [1.29, 1.82) is 0 Å². The Hall–Kier alpha value is -2.34. The van der Waals surface area contributed by atoms with Crippen LogP contribution in [0.25, 0.3) is 10.9 Å². The van der Waals surface area contributed by atoms with Crippen LogP contribution in [-0.4, -0.2) is 27.1 Å². The summed E-state index contributed by atoms with van der Waals surface area (Å²) in [6.45, 7) is 0. The summed E-state index contributed by atoms with van der Waals surface area (Å²) >= 11 is 0. The number of aromatic amines is 1. The van der Waals surface area contributed by atoms with Crippen molar-refractivity contribution in [2.45, 2.75) is 6.10 Å². The number of aliphatic hydroxyl groups excluding tert-OH is 1. The van der Waals surface area contributed by atoms with Crippen molar-refractivity contribution in [2.75, 3.05) is 0 Å². The topological polar surface area (TPSA) is 116 Å². The van der Waals surface area contributed by atoms with E-state index in [1.165, 1.54) is 0 Å². The maximum absolute atomic E-state index is 11.0. The molecule has 0 aliphatic carbocycles. The number of carbonyl (C=O) groups is 2. The predicted molar refractivity (Wildman–Crippen MR) is 59.4 cm³/mol. The first-order chi connectivity index (χ1) is 8.02. The van der Waals surface area contributed by atoms with Gasteiger partial charge >= 0.3 is 5.97 Å². The second-order valence-electron chi connectivity index (χ2n) is 3.57. The first kappa shape index (κ1) is 11.2. The molecule has 0 saturated heterocycles. The van der Waals surface area contributed by atoms with Gasteiger partial charge in [0.2, 0.25) is 0 Å². The van der Waals surface area contributed by atoms with Crippen molar-refractivity contribution in [3.63, 3.8) is 0 Å². The van der Waals surface area contributed by atoms with E-state index in [9.17, 15) is 14.7 Å². The molecule has 0 aliphatic rings. The van der Waals surface area contributed by atoms with E-state index in [0.29, 0.717) is 10.9 Å². The van der Waals surface area contributed by atoms with Crippen LogP contribution in [0, 0.1) is 0 Å². The van der Waals surface area contributed by atoms with Crippen LogP contribution in [0.2, 0.25) is 0 Å². The van der Waals surface area contributed by atoms with E-state index in [0.717, 1.165) is 0 Å². The monoisotopic (exact) mass is 234 g/mol. The molecule has 0 radical (unpaired) electrons. The molecule has 0 spiro atoms. The van der Waals surface area contributed by atoms with E-state index in [4.69, 9.17) is 10.8 Å². The Morgan fingerprint density at radius 2 is 1.94 bits per heavy atom. The van der Waals surface area contributed by atoms with Gasteiger partial charge in [0, 0.05) is 16.5 Å². The third-order valence-corrected chi connectivity index (χ3v) is 2.50. The van der Waals surface area contributed by atoms with Gasteiger partial charge in [0.15, 0.2) is 6.10 Å². The number of fused-ring (bicyclic) bond motifs is 1. The average Bonchev–Trinajstić information content (AvgIpc) is 2.67. The molecule has 2 aromatic rings. The zero-order valence-corrected chi connectivity index (χ0v) is 8.68. The Labute approximate surface area is 95.7 Å². The highest BCUT2D eigenvalue weighted by Gasteiger charge is 2.25. The number of carboxylic acids is 1. The minimum absolute atomic E-state index is 0.000556. The molecule has 1 atom stereocenters. The van der Waals surface area contributed by atoms with Crippen molar-refractivity contribution in [1.82, 2.24) is 4.98 Å². The molecule has 17 heavy (non-hydrogen) atoms. The molecule has 88 valence electrons. The number of aromatic carboxylic acids is 1. The fourth-order valence-electron chi connectivity index (χ4n) is 1.76. The Morgan fingerprint density at radius 1 is 1.29 bits per heavy atom. The number of H-pyrrole nitrogens is 1. The van der Waals surface area contributed by atoms with Gasteiger partial charge in [0.1, 0.15) is 5.69 Å². The largest absolute Gasteiger partial charge is 0.477 e. The van der Waals surface area contributed by atoms with E-state index in [2.05, 4.69) is 4.98 Å². The van der Waals surface area contributed by atoms with Crippen LogP contribution in [0.4, 0.5) is 0 Å². The van der Waals surface area contributed by atoms with Gasteiger partial charge in [-0.25, -0.2) is 4.79 Å². The third-order valence-electron chi connectivity index (χ3n) is 2.50. The maximum atomic E-state index is 11.0. The number of hydrogen-bond donors (Lipinski definition) is 4. The summed E-state index contributed by atoms with van der Waals surface area (Å²) < 4.78 is 0. The van der Waals surface area contributed by atoms with Gasteiger partial charge < -0.3 is 20.9 Å². The number of nitrogens with two attached hydrogens (primary N) is 1. The summed E-state index contributed by atoms with van der Waals surface area (Å²) in [6, 6.07) is 6.66. The van der Waals surface area contributed by atoms with Crippen LogP contribution < -0.4 is 5.73 Å². The summed E-state index contributed by atoms with van der Waals surface area (Å²) in [5, 5.41) is 19.1. The van der Waals surface area contributed by atoms with Crippen LogP contribution in [0.15, 0.2) is 24.3 Å². The third kappa shape index (κ3) is 1.74. The summed E-state index contributed by atoms with van der Waals surface area (Å²) in [4.78, 5) is 24.6. The fraction of sp³-hybridized carbons (Fsp3) is 0.0909. The molecular weight excluding hydrogens is 224 g/mol. The van der Waals surface area contributed by atoms with Gasteiger partial charge in [0.05, 0.1) is 0 Å². The lowest BCUT2D eigenvalue weighted by Crippen LogP contribution is -2.22. The number of para-hydroxylation sites is 1. The standard InChI is InChI=1S/C11H10N2O4/c12-10(15)9(14)7-5-3-1-2-4-6(5)13-8(7)11(16)17/h1-4,9,13-14H,(H2,12,15)(H,16,17). The number of carboxylic acid groups (broad SMARTS) is 1. The Kier molecular flexibility index (Phi) is 2.57. The molecule has 1 unspecified atom stereocenters. The number of benzene rings is 1. The molecule has 6 nitrogen and oxygen atoms in total. The Balaban J connectivity index is 2.76. The first-order valence-electron chi connectivity index (χ1n) is 4.83. The first-order valence-corrected chi connectivity index (χ1v) is 4.83. The van der Waals surface area contributed by atoms with Gasteiger partial charge in [-0.2, -0.15) is 0 Å². The molecule has 6 heteroatoms. The van der Waals surface area contributed by atoms with Crippen molar-refractivity contribution in [2.24, 2.45) is 5.73 Å². The summed E-state index contributed by atoms with van der Waals surface area (Å²) in [7, 11) is 0. The molecular formula is C11H10N2O4. The lowest BCUT2D eigenvalue weighted by molar-refractivity contribution is -0.126. The van der Waals surface area contributed by atoms with Crippen LogP contribution in [0.1, 0.15) is 22.2 Å². The van der Waals surface area contributed by atoms with E-state index < -0.39 is 18.0 Å². The zero-order valence-electron chi connectivity index (χ0n) is 8.68. The van der Waals surface area contributed by atoms with E-state index in [1.54, 1.807) is 24.3 Å². The van der Waals surface area contributed by atoms with E-state index in [-0.39, 0.29) is 11.3 Å². The molecule has 5 N–H and O–H groups in total. The van der Waals surface area contributed by atoms with Crippen LogP contribution >= 0.6 is 0 Å². The number of carbonyl (C=O) groups excluding carboxylic acids is 1. The molecule has 0 bridgehead atoms. The molecule has 1 aromatic carbocycles. The predicted octanol–water partition coefficient (Wildman–Crippen LogP) is 0.385. The Morgan fingerprint density at radius 3 is 2.53 bits per heavy atom. The van der Waals surface area contributed by atoms with Crippen LogP contribution in [0.3, 0.4) is 0 Å². The molecule has 1 amide bonds. The number of aliphatic hydroxyl groups is 1. The highest BCUT2D eigenvalue weighted by molar-refractivity contribution is 6.00. The lowest BCUT2D eigenvalue weighted by atomic mass is 10.0. The lowest BCUT2D eigenvalue weighted by Gasteiger charge is -2.06. The normalized spacial score (nSPS) is 12.5. The highest BCUT2D eigenvalue weighted by Crippen LogP contribution is 2.28. The zero-order chi connectivity index (χ0) is 12.6. The summed E-state index contributed by atoms with van der Waals surface area (Å²) in [6.07, 6.45) is -1.64. The Bertz CT molecular complexity index is 603. The minimum Gasteiger partial charge on any atom is -0.477 e. The van der Waals surface area contributed by atoms with Crippen molar-refractivity contribution in [3.05, 3.63) is 35.5 Å². The van der Waals surface area contributed by atoms with Crippen LogP contribution in [-0.2, 0) is 4.79 Å². The molecule has 0 aliphatic heterocycles. The number of hydrogen-bond acceptors (Lipinski definition) is 3. The number of primary amides is 1.